The van der Waals surface area contributed by atoms with Crippen LogP contribution in [0.4, 0.5) is 0 Å². The van der Waals surface area contributed by atoms with Gasteiger partial charge in [0.25, 0.3) is 0 Å². The molecule has 0 radical (unpaired) electrons. The van der Waals surface area contributed by atoms with E-state index in [9.17, 15) is 4.79 Å². The van der Waals surface area contributed by atoms with Crippen LogP contribution in [0.3, 0.4) is 0 Å². The number of nitrogens with two attached hydrogens (primary N) is 1. The Balaban J connectivity index is 3.19. The first-order chi connectivity index (χ1) is 5.81. The second-order valence-corrected chi connectivity index (χ2v) is 2.04. The van der Waals surface area contributed by atoms with Crippen LogP contribution in [0.1, 0.15) is 6.42 Å². The second-order valence-electron chi connectivity index (χ2n) is 2.04. The standard InChI is InChI=1S/C5H12N6O/c6-9-4-5(12)8-2-1-3-10-11-7/h9H,1-4,6H2,(H,8,12). The van der Waals surface area contributed by atoms with E-state index in [1.165, 1.54) is 0 Å². The molecule has 4 N–H and O–H groups in total. The number of hydrogen-bond donors (Lipinski definition) is 3. The van der Waals surface area contributed by atoms with Crippen molar-refractivity contribution in [3.8, 4) is 0 Å². The van der Waals surface area contributed by atoms with Crippen LogP contribution < -0.4 is 16.6 Å². The van der Waals surface area contributed by atoms with E-state index >= 15 is 0 Å². The first-order valence-corrected chi connectivity index (χ1v) is 3.52. The molecule has 0 fully saturated rings. The Kier molecular flexibility index (Phi) is 6.96. The molecule has 0 aliphatic rings. The van der Waals surface area contributed by atoms with Crippen LogP contribution >= 0.6 is 0 Å². The maximum absolute atomic E-state index is 10.7. The molecule has 1 amide bonds. The van der Waals surface area contributed by atoms with E-state index in [0.717, 1.165) is 0 Å². The van der Waals surface area contributed by atoms with Crippen LogP contribution in [-0.2, 0) is 4.79 Å². The normalized spacial score (nSPS) is 8.75. The lowest BCUT2D eigenvalue weighted by molar-refractivity contribution is -0.120. The molecule has 0 unspecified atom stereocenters. The largest absolute Gasteiger partial charge is 0.355 e. The number of rotatable bonds is 6. The highest BCUT2D eigenvalue weighted by Gasteiger charge is 1.95. The van der Waals surface area contributed by atoms with Crippen molar-refractivity contribution in [2.45, 2.75) is 6.42 Å². The van der Waals surface area contributed by atoms with Crippen molar-refractivity contribution in [2.75, 3.05) is 19.6 Å². The molecule has 7 heteroatoms. The molecule has 0 rings (SSSR count). The summed E-state index contributed by atoms with van der Waals surface area (Å²) in [7, 11) is 0. The summed E-state index contributed by atoms with van der Waals surface area (Å²) in [5, 5.41) is 5.88. The van der Waals surface area contributed by atoms with Gasteiger partial charge in [0.05, 0.1) is 6.54 Å². The number of hydrogen-bond acceptors (Lipinski definition) is 4. The predicted molar refractivity (Wildman–Crippen MR) is 43.8 cm³/mol. The van der Waals surface area contributed by atoms with E-state index in [2.05, 4.69) is 20.8 Å². The SMILES string of the molecule is [N-]=[N+]=NCCCNC(=O)CNN. The minimum Gasteiger partial charge on any atom is -0.355 e. The Labute approximate surface area is 69.9 Å². The molecule has 7 nitrogen and oxygen atoms in total. The van der Waals surface area contributed by atoms with Gasteiger partial charge < -0.3 is 5.32 Å². The lowest BCUT2D eigenvalue weighted by Gasteiger charge is -2.01. The average molecular weight is 172 g/mol. The summed E-state index contributed by atoms with van der Waals surface area (Å²) in [5.74, 6) is 4.74. The second kappa shape index (κ2) is 7.80. The van der Waals surface area contributed by atoms with Crippen LogP contribution in [0.15, 0.2) is 5.11 Å². The molecule has 0 aliphatic heterocycles. The summed E-state index contributed by atoms with van der Waals surface area (Å²) in [6.07, 6.45) is 0.639. The lowest BCUT2D eigenvalue weighted by Crippen LogP contribution is -2.37. The third-order valence-electron chi connectivity index (χ3n) is 1.08. The average Bonchev–Trinajstić information content (AvgIpc) is 2.05. The van der Waals surface area contributed by atoms with Crippen molar-refractivity contribution in [2.24, 2.45) is 11.0 Å². The van der Waals surface area contributed by atoms with Gasteiger partial charge in [-0.3, -0.25) is 16.1 Å². The Morgan fingerprint density at radius 2 is 2.42 bits per heavy atom. The molecule has 0 aromatic carbocycles. The molecule has 0 aromatic rings. The van der Waals surface area contributed by atoms with Crippen molar-refractivity contribution >= 4 is 5.91 Å². The Morgan fingerprint density at radius 3 is 3.00 bits per heavy atom. The van der Waals surface area contributed by atoms with Gasteiger partial charge >= 0.3 is 0 Å². The van der Waals surface area contributed by atoms with Gasteiger partial charge in [0, 0.05) is 18.0 Å². The highest BCUT2D eigenvalue weighted by molar-refractivity contribution is 5.77. The molecule has 0 heterocycles. The van der Waals surface area contributed by atoms with Gasteiger partial charge in [-0.05, 0) is 12.0 Å². The van der Waals surface area contributed by atoms with E-state index in [1.807, 2.05) is 0 Å². The van der Waals surface area contributed by atoms with Gasteiger partial charge in [0.15, 0.2) is 0 Å². The third-order valence-corrected chi connectivity index (χ3v) is 1.08. The summed E-state index contributed by atoms with van der Waals surface area (Å²) in [4.78, 5) is 13.3. The fourth-order valence-corrected chi connectivity index (χ4v) is 0.577. The maximum Gasteiger partial charge on any atom is 0.235 e. The summed E-state index contributed by atoms with van der Waals surface area (Å²) >= 11 is 0. The molecule has 0 saturated heterocycles. The van der Waals surface area contributed by atoms with Crippen LogP contribution in [-0.4, -0.2) is 25.5 Å². The molecule has 0 aliphatic carbocycles. The monoisotopic (exact) mass is 172 g/mol. The zero-order valence-electron chi connectivity index (χ0n) is 6.66. The summed E-state index contributed by atoms with van der Waals surface area (Å²) in [6.45, 7) is 0.994. The summed E-state index contributed by atoms with van der Waals surface area (Å²) < 4.78 is 0. The Hall–Kier alpha value is -1.30. The van der Waals surface area contributed by atoms with E-state index in [1.54, 1.807) is 0 Å². The van der Waals surface area contributed by atoms with Gasteiger partial charge in [0.1, 0.15) is 0 Å². The van der Waals surface area contributed by atoms with E-state index in [-0.39, 0.29) is 12.5 Å². The van der Waals surface area contributed by atoms with Gasteiger partial charge in [-0.1, -0.05) is 5.11 Å². The van der Waals surface area contributed by atoms with E-state index < -0.39 is 0 Å². The molecular weight excluding hydrogens is 160 g/mol. The number of nitrogens with one attached hydrogen (secondary N) is 2. The molecule has 0 atom stereocenters. The van der Waals surface area contributed by atoms with Crippen LogP contribution in [0.5, 0.6) is 0 Å². The van der Waals surface area contributed by atoms with Gasteiger partial charge in [-0.2, -0.15) is 0 Å². The number of hydrazine groups is 1. The van der Waals surface area contributed by atoms with Gasteiger partial charge in [-0.15, -0.1) is 0 Å². The predicted octanol–water partition coefficient (Wildman–Crippen LogP) is -0.734. The third kappa shape index (κ3) is 6.81. The van der Waals surface area contributed by atoms with Gasteiger partial charge in [-0.25, -0.2) is 0 Å². The molecule has 0 aromatic heterocycles. The highest BCUT2D eigenvalue weighted by atomic mass is 16.1. The molecule has 0 saturated carbocycles. The highest BCUT2D eigenvalue weighted by Crippen LogP contribution is 1.78. The van der Waals surface area contributed by atoms with Crippen molar-refractivity contribution in [3.05, 3.63) is 10.4 Å². The number of carbonyl (C=O) groups is 1. The van der Waals surface area contributed by atoms with E-state index in [0.29, 0.717) is 19.5 Å². The lowest BCUT2D eigenvalue weighted by atomic mass is 10.4. The Bertz CT molecular complexity index is 175. The van der Waals surface area contributed by atoms with Crippen LogP contribution in [0, 0.1) is 0 Å². The first kappa shape index (κ1) is 10.7. The quantitative estimate of drug-likeness (QED) is 0.122. The van der Waals surface area contributed by atoms with Crippen LogP contribution in [0.25, 0.3) is 10.4 Å². The zero-order valence-corrected chi connectivity index (χ0v) is 6.66. The molecule has 0 spiro atoms. The van der Waals surface area contributed by atoms with E-state index in [4.69, 9.17) is 11.4 Å². The first-order valence-electron chi connectivity index (χ1n) is 3.52. The topological polar surface area (TPSA) is 116 Å². The molecule has 68 valence electrons. The summed E-state index contributed by atoms with van der Waals surface area (Å²) in [5.41, 5.74) is 10.1. The number of azide groups is 1. The smallest absolute Gasteiger partial charge is 0.235 e. The van der Waals surface area contributed by atoms with Crippen molar-refractivity contribution in [1.29, 1.82) is 0 Å². The Morgan fingerprint density at radius 1 is 1.67 bits per heavy atom. The van der Waals surface area contributed by atoms with Crippen molar-refractivity contribution in [3.63, 3.8) is 0 Å². The summed E-state index contributed by atoms with van der Waals surface area (Å²) in [6, 6.07) is 0. The fraction of sp³-hybridized carbons (Fsp3) is 0.800. The fourth-order valence-electron chi connectivity index (χ4n) is 0.577. The number of carbonyl (C=O) groups excluding carboxylic acids is 1. The molecule has 12 heavy (non-hydrogen) atoms. The van der Waals surface area contributed by atoms with Crippen molar-refractivity contribution in [1.82, 2.24) is 10.7 Å². The van der Waals surface area contributed by atoms with Crippen LogP contribution in [0.2, 0.25) is 0 Å². The molecule has 0 bridgehead atoms. The minimum absolute atomic E-state index is 0.0987. The van der Waals surface area contributed by atoms with Crippen molar-refractivity contribution < 1.29 is 4.79 Å². The zero-order chi connectivity index (χ0) is 9.23. The minimum atomic E-state index is -0.168. The number of amides is 1. The number of nitrogens with zero attached hydrogens (tertiary/aromatic N) is 3. The molecular formula is C5H12N6O. The maximum atomic E-state index is 10.7. The van der Waals surface area contributed by atoms with Gasteiger partial charge in [0.2, 0.25) is 5.91 Å².